The molecule has 1 aliphatic carbocycles. The lowest BCUT2D eigenvalue weighted by atomic mass is 9.86. The van der Waals surface area contributed by atoms with Crippen LogP contribution in [-0.2, 0) is 4.79 Å². The SMILES string of the molecule is C[C@@H]1CCCC[C@H]1NC(=O)/C(C#N)=C/c1cccc(Br)c1. The molecule has 1 N–H and O–H groups in total. The number of halogens is 1. The number of hydrogen-bond acceptors (Lipinski definition) is 2. The quantitative estimate of drug-likeness (QED) is 0.662. The van der Waals surface area contributed by atoms with E-state index in [9.17, 15) is 10.1 Å². The van der Waals surface area contributed by atoms with Crippen LogP contribution in [0.5, 0.6) is 0 Å². The van der Waals surface area contributed by atoms with Gasteiger partial charge in [0, 0.05) is 10.5 Å². The molecule has 1 aromatic carbocycles. The number of carbonyl (C=O) groups is 1. The third-order valence-corrected chi connectivity index (χ3v) is 4.45. The zero-order valence-electron chi connectivity index (χ0n) is 12.1. The van der Waals surface area contributed by atoms with Gasteiger partial charge in [0.25, 0.3) is 5.91 Å². The fourth-order valence-electron chi connectivity index (χ4n) is 2.69. The molecule has 0 bridgehead atoms. The molecule has 0 saturated heterocycles. The Hall–Kier alpha value is -1.60. The first kappa shape index (κ1) is 15.8. The Bertz CT molecular complexity index is 589. The summed E-state index contributed by atoms with van der Waals surface area (Å²) < 4.78 is 0.926. The van der Waals surface area contributed by atoms with Crippen LogP contribution in [0.1, 0.15) is 38.2 Å². The van der Waals surface area contributed by atoms with E-state index in [1.165, 1.54) is 6.42 Å². The second-order valence-corrected chi connectivity index (χ2v) is 6.48. The number of benzene rings is 1. The highest BCUT2D eigenvalue weighted by Gasteiger charge is 2.23. The first-order valence-electron chi connectivity index (χ1n) is 7.28. The molecule has 0 unspecified atom stereocenters. The molecule has 4 heteroatoms. The van der Waals surface area contributed by atoms with E-state index in [0.29, 0.717) is 5.92 Å². The number of hydrogen-bond donors (Lipinski definition) is 1. The minimum atomic E-state index is -0.267. The fourth-order valence-corrected chi connectivity index (χ4v) is 3.11. The van der Waals surface area contributed by atoms with Crippen molar-refractivity contribution in [2.24, 2.45) is 5.92 Å². The predicted molar refractivity (Wildman–Crippen MR) is 87.3 cm³/mol. The van der Waals surface area contributed by atoms with Crippen molar-refractivity contribution in [2.45, 2.75) is 38.6 Å². The van der Waals surface area contributed by atoms with Crippen molar-refractivity contribution in [1.29, 1.82) is 5.26 Å². The van der Waals surface area contributed by atoms with Gasteiger partial charge in [0.05, 0.1) is 0 Å². The molecule has 1 saturated carbocycles. The third kappa shape index (κ3) is 4.44. The van der Waals surface area contributed by atoms with Crippen molar-refractivity contribution in [3.05, 3.63) is 39.9 Å². The molecular weight excluding hydrogens is 328 g/mol. The Morgan fingerprint density at radius 2 is 2.19 bits per heavy atom. The Labute approximate surface area is 134 Å². The molecule has 0 radical (unpaired) electrons. The minimum Gasteiger partial charge on any atom is -0.348 e. The van der Waals surface area contributed by atoms with Gasteiger partial charge >= 0.3 is 0 Å². The highest BCUT2D eigenvalue weighted by atomic mass is 79.9. The van der Waals surface area contributed by atoms with Crippen LogP contribution in [0.4, 0.5) is 0 Å². The topological polar surface area (TPSA) is 52.9 Å². The van der Waals surface area contributed by atoms with Crippen molar-refractivity contribution in [3.63, 3.8) is 0 Å². The highest BCUT2D eigenvalue weighted by Crippen LogP contribution is 2.24. The zero-order chi connectivity index (χ0) is 15.2. The summed E-state index contributed by atoms with van der Waals surface area (Å²) >= 11 is 3.39. The third-order valence-electron chi connectivity index (χ3n) is 3.95. The molecule has 1 aromatic rings. The van der Waals surface area contributed by atoms with Crippen LogP contribution in [0.2, 0.25) is 0 Å². The molecule has 0 spiro atoms. The van der Waals surface area contributed by atoms with Gasteiger partial charge in [0.2, 0.25) is 0 Å². The van der Waals surface area contributed by atoms with Crippen LogP contribution in [0.3, 0.4) is 0 Å². The van der Waals surface area contributed by atoms with Crippen LogP contribution in [0, 0.1) is 17.2 Å². The Balaban J connectivity index is 2.10. The maximum Gasteiger partial charge on any atom is 0.262 e. The van der Waals surface area contributed by atoms with Gasteiger partial charge in [-0.15, -0.1) is 0 Å². The molecule has 1 fully saturated rings. The molecule has 2 atom stereocenters. The first-order valence-corrected chi connectivity index (χ1v) is 8.07. The van der Waals surface area contributed by atoms with Gasteiger partial charge in [-0.25, -0.2) is 0 Å². The maximum atomic E-state index is 12.3. The molecule has 110 valence electrons. The van der Waals surface area contributed by atoms with Crippen molar-refractivity contribution in [1.82, 2.24) is 5.32 Å². The zero-order valence-corrected chi connectivity index (χ0v) is 13.7. The van der Waals surface area contributed by atoms with E-state index in [-0.39, 0.29) is 17.5 Å². The van der Waals surface area contributed by atoms with Gasteiger partial charge in [0.1, 0.15) is 11.6 Å². The highest BCUT2D eigenvalue weighted by molar-refractivity contribution is 9.10. The lowest BCUT2D eigenvalue weighted by molar-refractivity contribution is -0.118. The summed E-state index contributed by atoms with van der Waals surface area (Å²) in [5, 5.41) is 12.2. The van der Waals surface area contributed by atoms with Gasteiger partial charge in [-0.3, -0.25) is 4.79 Å². The summed E-state index contributed by atoms with van der Waals surface area (Å²) in [7, 11) is 0. The van der Waals surface area contributed by atoms with Gasteiger partial charge in [-0.05, 0) is 42.5 Å². The summed E-state index contributed by atoms with van der Waals surface area (Å²) in [4.78, 5) is 12.3. The molecule has 0 aromatic heterocycles. The number of carbonyl (C=O) groups excluding carboxylic acids is 1. The average molecular weight is 347 g/mol. The van der Waals surface area contributed by atoms with Crippen molar-refractivity contribution >= 4 is 27.9 Å². The number of nitriles is 1. The van der Waals surface area contributed by atoms with Gasteiger partial charge in [-0.1, -0.05) is 47.8 Å². The van der Waals surface area contributed by atoms with Gasteiger partial charge in [0.15, 0.2) is 0 Å². The summed E-state index contributed by atoms with van der Waals surface area (Å²) in [6.45, 7) is 2.16. The van der Waals surface area contributed by atoms with Crippen molar-refractivity contribution < 1.29 is 4.79 Å². The van der Waals surface area contributed by atoms with E-state index in [1.54, 1.807) is 6.08 Å². The fraction of sp³-hybridized carbons (Fsp3) is 0.412. The van der Waals surface area contributed by atoms with Crippen LogP contribution >= 0.6 is 15.9 Å². The summed E-state index contributed by atoms with van der Waals surface area (Å²) in [5.41, 5.74) is 0.999. The lowest BCUT2D eigenvalue weighted by Crippen LogP contribution is -2.41. The van der Waals surface area contributed by atoms with E-state index in [1.807, 2.05) is 30.3 Å². The van der Waals surface area contributed by atoms with E-state index in [0.717, 1.165) is 29.3 Å². The average Bonchev–Trinajstić information content (AvgIpc) is 2.47. The van der Waals surface area contributed by atoms with Crippen LogP contribution in [-0.4, -0.2) is 11.9 Å². The number of nitrogens with one attached hydrogen (secondary N) is 1. The number of rotatable bonds is 3. The van der Waals surface area contributed by atoms with E-state index in [2.05, 4.69) is 28.2 Å². The summed E-state index contributed by atoms with van der Waals surface area (Å²) in [6.07, 6.45) is 6.15. The Kier molecular flexibility index (Phi) is 5.58. The molecule has 1 amide bonds. The monoisotopic (exact) mass is 346 g/mol. The molecule has 0 aliphatic heterocycles. The maximum absolute atomic E-state index is 12.3. The molecule has 21 heavy (non-hydrogen) atoms. The van der Waals surface area contributed by atoms with Crippen molar-refractivity contribution in [3.8, 4) is 6.07 Å². The van der Waals surface area contributed by atoms with Crippen LogP contribution < -0.4 is 5.32 Å². The normalized spacial score (nSPS) is 22.4. The first-order chi connectivity index (χ1) is 10.1. The molecular formula is C17H19BrN2O. The largest absolute Gasteiger partial charge is 0.348 e. The van der Waals surface area contributed by atoms with E-state index < -0.39 is 0 Å². The molecule has 3 nitrogen and oxygen atoms in total. The van der Waals surface area contributed by atoms with Crippen molar-refractivity contribution in [2.75, 3.05) is 0 Å². The molecule has 1 aliphatic rings. The number of amides is 1. The smallest absolute Gasteiger partial charge is 0.262 e. The van der Waals surface area contributed by atoms with Crippen LogP contribution in [0.25, 0.3) is 6.08 Å². The summed E-state index contributed by atoms with van der Waals surface area (Å²) in [5.74, 6) is 0.213. The number of nitrogens with zero attached hydrogens (tertiary/aromatic N) is 1. The second-order valence-electron chi connectivity index (χ2n) is 5.57. The van der Waals surface area contributed by atoms with Crippen LogP contribution in [0.15, 0.2) is 34.3 Å². The standard InChI is InChI=1S/C17H19BrN2O/c1-12-5-2-3-8-16(12)20-17(21)14(11-19)9-13-6-4-7-15(18)10-13/h4,6-7,9-10,12,16H,2-3,5,8H2,1H3,(H,20,21)/b14-9+/t12-,16-/m1/s1. The minimum absolute atomic E-state index is 0.158. The Morgan fingerprint density at radius 3 is 2.86 bits per heavy atom. The van der Waals surface area contributed by atoms with E-state index in [4.69, 9.17) is 0 Å². The molecule has 0 heterocycles. The lowest BCUT2D eigenvalue weighted by Gasteiger charge is -2.29. The predicted octanol–water partition coefficient (Wildman–Crippen LogP) is 4.05. The van der Waals surface area contributed by atoms with Gasteiger partial charge in [-0.2, -0.15) is 5.26 Å². The van der Waals surface area contributed by atoms with Gasteiger partial charge < -0.3 is 5.32 Å². The molecule has 2 rings (SSSR count). The summed E-state index contributed by atoms with van der Waals surface area (Å²) in [6, 6.07) is 9.74. The Morgan fingerprint density at radius 1 is 1.43 bits per heavy atom. The van der Waals surface area contributed by atoms with E-state index >= 15 is 0 Å². The second kappa shape index (κ2) is 7.42.